The number of furan rings is 2. The summed E-state index contributed by atoms with van der Waals surface area (Å²) in [4.78, 5) is 0. The van der Waals surface area contributed by atoms with Crippen LogP contribution in [0.25, 0.3) is 45.6 Å². The summed E-state index contributed by atoms with van der Waals surface area (Å²) in [6.07, 6.45) is 21.7. The van der Waals surface area contributed by atoms with Crippen molar-refractivity contribution in [1.82, 2.24) is 0 Å². The van der Waals surface area contributed by atoms with E-state index in [4.69, 9.17) is 8.83 Å². The van der Waals surface area contributed by atoms with Crippen molar-refractivity contribution in [3.8, 4) is 22.3 Å². The molecule has 0 saturated carbocycles. The fourth-order valence-electron chi connectivity index (χ4n) is 9.30. The normalized spacial score (nSPS) is 15.0. The number of halogens is 2. The molecule has 0 fully saturated rings. The van der Waals surface area contributed by atoms with Gasteiger partial charge in [0, 0.05) is 0 Å². The molecular weight excluding hydrogens is 867 g/mol. The molecule has 2 atom stereocenters. The van der Waals surface area contributed by atoms with Crippen LogP contribution in [0.4, 0.5) is 0 Å². The molecule has 0 amide bonds. The molecule has 0 bridgehead atoms. The Morgan fingerprint density at radius 1 is 0.426 bits per heavy atom. The fourth-order valence-corrected chi connectivity index (χ4v) is 14.2. The molecule has 0 radical (unpaired) electrons. The standard InChI is InChI=1S/2C28H31O.2ClH.Zr/c2*1-3-5-6-7-10-21-13-15-22(16-14-21)26-12-8-11-23-19-24(20-27(23)26)28-18-17-25(29-28)9-4-2;;;/h2*8,11-20H,3-7,9-10H2,1-2H3;2*1H;/q;;;;+2/p-2. The van der Waals surface area contributed by atoms with Gasteiger partial charge in [0.05, 0.1) is 0 Å². The summed E-state index contributed by atoms with van der Waals surface area (Å²) in [7, 11) is 0. The van der Waals surface area contributed by atoms with Gasteiger partial charge in [0.2, 0.25) is 0 Å². The van der Waals surface area contributed by atoms with E-state index in [9.17, 15) is 0 Å². The maximum atomic E-state index is 6.71. The minimum absolute atomic E-state index is 0. The molecule has 0 saturated heterocycles. The Balaban J connectivity index is 0.00000311. The minimum atomic E-state index is -1.34. The second-order valence-electron chi connectivity index (χ2n) is 16.9. The third-order valence-electron chi connectivity index (χ3n) is 12.5. The number of unbranched alkanes of at least 4 members (excludes halogenated alkanes) is 6. The number of benzene rings is 4. The molecule has 316 valence electrons. The predicted molar refractivity (Wildman–Crippen MR) is 246 cm³/mol. The van der Waals surface area contributed by atoms with Gasteiger partial charge in [-0.05, 0) is 0 Å². The average molecular weight is 929 g/mol. The SMILES string of the molecule is CCCCCCc1ccc(-c2cccc3c2C=C(c2ccc(CCC)o2)[CH]3[Zr+2][CH]2C(c3ccc(CCC)o3)=Cc3c(-c4ccc(CCCCCC)cc4)cccc32)cc1.[Cl-].[Cl-]. The smallest absolute Gasteiger partial charge is 1.00 e. The number of rotatable bonds is 20. The van der Waals surface area contributed by atoms with E-state index in [-0.39, 0.29) is 24.8 Å². The summed E-state index contributed by atoms with van der Waals surface area (Å²) in [5.41, 5.74) is 16.5. The Labute approximate surface area is 390 Å². The second kappa shape index (κ2) is 22.6. The van der Waals surface area contributed by atoms with Crippen molar-refractivity contribution < 1.29 is 56.9 Å². The molecule has 2 aliphatic rings. The molecule has 0 N–H and O–H groups in total. The van der Waals surface area contributed by atoms with Crippen LogP contribution in [0.5, 0.6) is 0 Å². The van der Waals surface area contributed by atoms with E-state index in [2.05, 4.69) is 149 Å². The summed E-state index contributed by atoms with van der Waals surface area (Å²) in [5, 5.41) is 0. The number of hydrogen-bond acceptors (Lipinski definition) is 2. The summed E-state index contributed by atoms with van der Waals surface area (Å²) in [6.45, 7) is 9.03. The van der Waals surface area contributed by atoms with Gasteiger partial charge in [-0.25, -0.2) is 0 Å². The van der Waals surface area contributed by atoms with E-state index in [1.165, 1.54) is 118 Å². The van der Waals surface area contributed by atoms with E-state index in [1.807, 2.05) is 0 Å². The first-order valence-corrected chi connectivity index (χ1v) is 25.7. The molecule has 2 unspecified atom stereocenters. The van der Waals surface area contributed by atoms with Gasteiger partial charge in [0.1, 0.15) is 0 Å². The monoisotopic (exact) mass is 926 g/mol. The zero-order valence-electron chi connectivity index (χ0n) is 36.7. The molecule has 5 heteroatoms. The van der Waals surface area contributed by atoms with Gasteiger partial charge >= 0.3 is 341 Å². The molecular formula is C56H62Cl2O2Zr. The molecule has 2 aromatic heterocycles. The summed E-state index contributed by atoms with van der Waals surface area (Å²) < 4.78 is 14.1. The number of aryl methyl sites for hydroxylation is 4. The van der Waals surface area contributed by atoms with Crippen molar-refractivity contribution in [3.05, 3.63) is 166 Å². The van der Waals surface area contributed by atoms with Crippen LogP contribution in [0.15, 0.2) is 118 Å². The molecule has 0 spiro atoms. The van der Waals surface area contributed by atoms with Crippen molar-refractivity contribution >= 4 is 23.3 Å². The van der Waals surface area contributed by atoms with Crippen LogP contribution in [0.2, 0.25) is 0 Å². The zero-order valence-corrected chi connectivity index (χ0v) is 40.6. The van der Waals surface area contributed by atoms with Crippen molar-refractivity contribution in [3.63, 3.8) is 0 Å². The van der Waals surface area contributed by atoms with Gasteiger partial charge in [0.15, 0.2) is 0 Å². The first-order chi connectivity index (χ1) is 29.1. The summed E-state index contributed by atoms with van der Waals surface area (Å²) in [6, 6.07) is 41.9. The van der Waals surface area contributed by atoms with Crippen LogP contribution in [0, 0.1) is 0 Å². The van der Waals surface area contributed by atoms with Gasteiger partial charge in [-0.2, -0.15) is 0 Å². The third-order valence-corrected chi connectivity index (χ3v) is 17.2. The van der Waals surface area contributed by atoms with E-state index in [1.54, 1.807) is 0 Å². The van der Waals surface area contributed by atoms with Crippen LogP contribution in [0.1, 0.15) is 156 Å². The van der Waals surface area contributed by atoms with E-state index in [0.717, 1.165) is 61.6 Å². The Morgan fingerprint density at radius 3 is 1.25 bits per heavy atom. The van der Waals surface area contributed by atoms with E-state index < -0.39 is 23.2 Å². The topological polar surface area (TPSA) is 26.3 Å². The Morgan fingerprint density at radius 2 is 0.852 bits per heavy atom. The maximum Gasteiger partial charge on any atom is -1.00 e. The third kappa shape index (κ3) is 10.8. The number of fused-ring (bicyclic) bond motifs is 2. The van der Waals surface area contributed by atoms with Gasteiger partial charge < -0.3 is 24.8 Å². The van der Waals surface area contributed by atoms with Gasteiger partial charge in [0.25, 0.3) is 0 Å². The molecule has 8 rings (SSSR count). The molecule has 0 aliphatic heterocycles. The van der Waals surface area contributed by atoms with E-state index >= 15 is 0 Å². The predicted octanol–water partition coefficient (Wildman–Crippen LogP) is 10.3. The summed E-state index contributed by atoms with van der Waals surface area (Å²) >= 11 is -1.34. The molecule has 4 aromatic carbocycles. The van der Waals surface area contributed by atoms with Crippen LogP contribution in [-0.4, -0.2) is 0 Å². The van der Waals surface area contributed by atoms with E-state index in [0.29, 0.717) is 7.25 Å². The van der Waals surface area contributed by atoms with Crippen molar-refractivity contribution in [2.75, 3.05) is 0 Å². The second-order valence-corrected chi connectivity index (χ2v) is 20.6. The minimum Gasteiger partial charge on any atom is -1.00 e. The molecule has 6 aromatic rings. The first-order valence-electron chi connectivity index (χ1n) is 22.9. The van der Waals surface area contributed by atoms with Crippen LogP contribution in [-0.2, 0) is 48.9 Å². The average Bonchev–Trinajstić information content (AvgIpc) is 4.08. The zero-order chi connectivity index (χ0) is 40.6. The number of allylic oxidation sites excluding steroid dienone is 2. The van der Waals surface area contributed by atoms with Crippen LogP contribution < -0.4 is 24.8 Å². The largest absolute Gasteiger partial charge is 1.00 e. The maximum absolute atomic E-state index is 6.71. The van der Waals surface area contributed by atoms with Crippen molar-refractivity contribution in [2.24, 2.45) is 0 Å². The Hall–Kier alpha value is -3.62. The summed E-state index contributed by atoms with van der Waals surface area (Å²) in [5.74, 6) is 4.25. The fraction of sp³-hybridized carbons (Fsp3) is 0.357. The number of hydrogen-bond donors (Lipinski definition) is 0. The molecule has 61 heavy (non-hydrogen) atoms. The Bertz CT molecular complexity index is 2210. The molecule has 2 aliphatic carbocycles. The van der Waals surface area contributed by atoms with Crippen molar-refractivity contribution in [2.45, 2.75) is 125 Å². The Kier molecular flexibility index (Phi) is 17.4. The van der Waals surface area contributed by atoms with Crippen molar-refractivity contribution in [1.29, 1.82) is 0 Å². The molecule has 2 heterocycles. The van der Waals surface area contributed by atoms with Crippen LogP contribution >= 0.6 is 0 Å². The van der Waals surface area contributed by atoms with Crippen LogP contribution in [0.3, 0.4) is 0 Å². The first kappa shape index (κ1) is 46.9. The quantitative estimate of drug-likeness (QED) is 0.0714. The van der Waals surface area contributed by atoms with Gasteiger partial charge in [-0.3, -0.25) is 0 Å². The van der Waals surface area contributed by atoms with Gasteiger partial charge in [-0.15, -0.1) is 0 Å². The molecule has 2 nitrogen and oxygen atoms in total. The van der Waals surface area contributed by atoms with Gasteiger partial charge in [-0.1, -0.05) is 26.7 Å².